The predicted octanol–water partition coefficient (Wildman–Crippen LogP) is 3.02. The Labute approximate surface area is 121 Å². The smallest absolute Gasteiger partial charge is 0.129 e. The minimum atomic E-state index is -0.0540. The molecule has 1 saturated heterocycles. The third kappa shape index (κ3) is 3.39. The molecule has 0 radical (unpaired) electrons. The molecule has 0 amide bonds. The molecule has 2 nitrogen and oxygen atoms in total. The van der Waals surface area contributed by atoms with Gasteiger partial charge in [-0.15, -0.1) is 0 Å². The van der Waals surface area contributed by atoms with Crippen molar-refractivity contribution < 1.29 is 4.39 Å². The minimum Gasteiger partial charge on any atom is -0.314 e. The van der Waals surface area contributed by atoms with E-state index in [4.69, 9.17) is 0 Å². The monoisotopic (exact) mass is 276 g/mol. The molecule has 0 aromatic heterocycles. The van der Waals surface area contributed by atoms with Gasteiger partial charge in [0, 0.05) is 19.1 Å². The Bertz CT molecular complexity index is 459. The van der Waals surface area contributed by atoms with E-state index in [0.717, 1.165) is 29.6 Å². The van der Waals surface area contributed by atoms with E-state index in [-0.39, 0.29) is 5.82 Å². The van der Waals surface area contributed by atoms with Crippen LogP contribution in [0.15, 0.2) is 12.1 Å². The summed E-state index contributed by atoms with van der Waals surface area (Å²) in [5, 5.41) is 3.63. The van der Waals surface area contributed by atoms with Gasteiger partial charge in [-0.2, -0.15) is 0 Å². The first-order valence-electron chi connectivity index (χ1n) is 7.83. The van der Waals surface area contributed by atoms with E-state index in [1.807, 2.05) is 26.0 Å². The second-order valence-corrected chi connectivity index (χ2v) is 6.62. The van der Waals surface area contributed by atoms with Crippen LogP contribution >= 0.6 is 0 Å². The van der Waals surface area contributed by atoms with Crippen molar-refractivity contribution in [2.24, 2.45) is 5.92 Å². The molecular formula is C17H25FN2. The van der Waals surface area contributed by atoms with Gasteiger partial charge in [-0.05, 0) is 68.8 Å². The van der Waals surface area contributed by atoms with Gasteiger partial charge in [0.1, 0.15) is 5.82 Å². The number of nitrogens with zero attached hydrogens (tertiary/aromatic N) is 1. The number of benzene rings is 1. The minimum absolute atomic E-state index is 0.0540. The Hall–Kier alpha value is -0.930. The highest BCUT2D eigenvalue weighted by atomic mass is 19.1. The van der Waals surface area contributed by atoms with Crippen LogP contribution in [0.4, 0.5) is 4.39 Å². The number of likely N-dealkylation sites (tertiary alicyclic amines) is 1. The predicted molar refractivity (Wildman–Crippen MR) is 80.3 cm³/mol. The summed E-state index contributed by atoms with van der Waals surface area (Å²) >= 11 is 0. The van der Waals surface area contributed by atoms with Crippen LogP contribution in [0, 0.1) is 25.6 Å². The molecule has 0 bridgehead atoms. The lowest BCUT2D eigenvalue weighted by Gasteiger charge is -2.17. The first kappa shape index (κ1) is 14.0. The van der Waals surface area contributed by atoms with Gasteiger partial charge < -0.3 is 5.32 Å². The molecule has 2 aliphatic rings. The van der Waals surface area contributed by atoms with E-state index in [2.05, 4.69) is 10.2 Å². The summed E-state index contributed by atoms with van der Waals surface area (Å²) in [6, 6.07) is 4.81. The molecule has 1 unspecified atom stereocenters. The van der Waals surface area contributed by atoms with Crippen LogP contribution in [0.25, 0.3) is 0 Å². The lowest BCUT2D eigenvalue weighted by molar-refractivity contribution is 0.314. The zero-order valence-electron chi connectivity index (χ0n) is 12.6. The Morgan fingerprint density at radius 1 is 1.20 bits per heavy atom. The maximum Gasteiger partial charge on any atom is 0.129 e. The topological polar surface area (TPSA) is 15.3 Å². The summed E-state index contributed by atoms with van der Waals surface area (Å²) < 4.78 is 13.6. The fourth-order valence-corrected chi connectivity index (χ4v) is 3.23. The maximum absolute atomic E-state index is 13.6. The molecule has 20 heavy (non-hydrogen) atoms. The third-order valence-electron chi connectivity index (χ3n) is 4.54. The molecule has 1 heterocycles. The average molecular weight is 276 g/mol. The summed E-state index contributed by atoms with van der Waals surface area (Å²) in [4.78, 5) is 2.51. The fourth-order valence-electron chi connectivity index (χ4n) is 3.23. The zero-order valence-corrected chi connectivity index (χ0v) is 12.6. The van der Waals surface area contributed by atoms with Crippen LogP contribution in [0.5, 0.6) is 0 Å². The summed E-state index contributed by atoms with van der Waals surface area (Å²) in [5.74, 6) is 0.736. The fraction of sp³-hybridized carbons (Fsp3) is 0.647. The largest absolute Gasteiger partial charge is 0.314 e. The van der Waals surface area contributed by atoms with Gasteiger partial charge in [-0.25, -0.2) is 4.39 Å². The van der Waals surface area contributed by atoms with Crippen molar-refractivity contribution in [3.8, 4) is 0 Å². The number of halogens is 1. The van der Waals surface area contributed by atoms with E-state index in [1.165, 1.54) is 44.5 Å². The van der Waals surface area contributed by atoms with Crippen LogP contribution in [-0.4, -0.2) is 30.6 Å². The number of hydrogen-bond donors (Lipinski definition) is 1. The van der Waals surface area contributed by atoms with E-state index < -0.39 is 0 Å². The summed E-state index contributed by atoms with van der Waals surface area (Å²) in [6.07, 6.45) is 4.02. The molecule has 1 saturated carbocycles. The van der Waals surface area contributed by atoms with Gasteiger partial charge in [-0.3, -0.25) is 4.90 Å². The highest BCUT2D eigenvalue weighted by Crippen LogP contribution is 2.23. The summed E-state index contributed by atoms with van der Waals surface area (Å²) in [7, 11) is 0. The van der Waals surface area contributed by atoms with Crippen molar-refractivity contribution in [2.75, 3.05) is 19.6 Å². The normalized spacial score (nSPS) is 23.4. The molecule has 3 heteroatoms. The lowest BCUT2D eigenvalue weighted by Crippen LogP contribution is -2.27. The number of aryl methyl sites for hydroxylation is 2. The first-order chi connectivity index (χ1) is 9.61. The molecule has 2 fully saturated rings. The SMILES string of the molecule is Cc1cc(CN2CCC(CNC3CC3)C2)cc(C)c1F. The highest BCUT2D eigenvalue weighted by molar-refractivity contribution is 5.30. The molecule has 1 atom stereocenters. The van der Waals surface area contributed by atoms with Crippen molar-refractivity contribution in [1.29, 1.82) is 0 Å². The van der Waals surface area contributed by atoms with Crippen molar-refractivity contribution in [2.45, 2.75) is 45.7 Å². The van der Waals surface area contributed by atoms with E-state index >= 15 is 0 Å². The molecule has 1 aromatic carbocycles. The Morgan fingerprint density at radius 3 is 2.55 bits per heavy atom. The quantitative estimate of drug-likeness (QED) is 0.889. The van der Waals surface area contributed by atoms with E-state index in [1.54, 1.807) is 0 Å². The lowest BCUT2D eigenvalue weighted by atomic mass is 10.1. The van der Waals surface area contributed by atoms with Gasteiger partial charge in [0.25, 0.3) is 0 Å². The summed E-state index contributed by atoms with van der Waals surface area (Å²) in [5.41, 5.74) is 2.79. The van der Waals surface area contributed by atoms with Gasteiger partial charge in [0.05, 0.1) is 0 Å². The molecule has 0 spiro atoms. The van der Waals surface area contributed by atoms with Crippen molar-refractivity contribution in [3.05, 3.63) is 34.6 Å². The van der Waals surface area contributed by atoms with Crippen LogP contribution in [0.1, 0.15) is 36.0 Å². The van der Waals surface area contributed by atoms with Gasteiger partial charge in [0.15, 0.2) is 0 Å². The maximum atomic E-state index is 13.6. The van der Waals surface area contributed by atoms with Crippen LogP contribution in [-0.2, 0) is 6.54 Å². The van der Waals surface area contributed by atoms with Gasteiger partial charge >= 0.3 is 0 Å². The highest BCUT2D eigenvalue weighted by Gasteiger charge is 2.26. The molecule has 1 aromatic rings. The van der Waals surface area contributed by atoms with Gasteiger partial charge in [-0.1, -0.05) is 12.1 Å². The summed E-state index contributed by atoms with van der Waals surface area (Å²) in [6.45, 7) is 8.20. The van der Waals surface area contributed by atoms with Crippen molar-refractivity contribution in [3.63, 3.8) is 0 Å². The van der Waals surface area contributed by atoms with Crippen molar-refractivity contribution >= 4 is 0 Å². The standard InChI is InChI=1S/C17H25FN2/c1-12-7-15(8-13(2)17(12)18)11-20-6-5-14(10-20)9-19-16-3-4-16/h7-8,14,16,19H,3-6,9-11H2,1-2H3. The average Bonchev–Trinajstić information content (AvgIpc) is 3.14. The second-order valence-electron chi connectivity index (χ2n) is 6.62. The van der Waals surface area contributed by atoms with Gasteiger partial charge in [0.2, 0.25) is 0 Å². The Balaban J connectivity index is 1.53. The molecule has 110 valence electrons. The first-order valence-corrected chi connectivity index (χ1v) is 7.83. The second kappa shape index (κ2) is 5.82. The third-order valence-corrected chi connectivity index (χ3v) is 4.54. The number of rotatable bonds is 5. The molecule has 1 N–H and O–H groups in total. The number of nitrogens with one attached hydrogen (secondary N) is 1. The van der Waals surface area contributed by atoms with Crippen molar-refractivity contribution in [1.82, 2.24) is 10.2 Å². The van der Waals surface area contributed by atoms with E-state index in [0.29, 0.717) is 0 Å². The van der Waals surface area contributed by atoms with Crippen LogP contribution in [0.2, 0.25) is 0 Å². The molecule has 1 aliphatic carbocycles. The number of hydrogen-bond acceptors (Lipinski definition) is 2. The Kier molecular flexibility index (Phi) is 4.08. The zero-order chi connectivity index (χ0) is 14.1. The Morgan fingerprint density at radius 2 is 1.90 bits per heavy atom. The molecule has 3 rings (SSSR count). The molecule has 1 aliphatic heterocycles. The molecular weight excluding hydrogens is 251 g/mol. The van der Waals surface area contributed by atoms with Crippen LogP contribution in [0.3, 0.4) is 0 Å². The van der Waals surface area contributed by atoms with E-state index in [9.17, 15) is 4.39 Å². The van der Waals surface area contributed by atoms with Crippen LogP contribution < -0.4 is 5.32 Å².